The summed E-state index contributed by atoms with van der Waals surface area (Å²) in [5.41, 5.74) is 3.02. The minimum atomic E-state index is -3.36. The fourth-order valence-electron chi connectivity index (χ4n) is 5.49. The molecular formula is C32H28BrN4OP. The van der Waals surface area contributed by atoms with Crippen molar-refractivity contribution in [2.45, 2.75) is 19.1 Å². The molecule has 0 unspecified atom stereocenters. The van der Waals surface area contributed by atoms with Crippen LogP contribution in [0.15, 0.2) is 114 Å². The third-order valence-electron chi connectivity index (χ3n) is 7.49. The van der Waals surface area contributed by atoms with Crippen LogP contribution >= 0.6 is 23.5 Å². The average Bonchev–Trinajstić information content (AvgIpc) is 3.26. The van der Waals surface area contributed by atoms with E-state index in [1.165, 1.54) is 0 Å². The number of nitrogens with one attached hydrogen (secondary N) is 1. The van der Waals surface area contributed by atoms with Gasteiger partial charge in [-0.15, -0.1) is 0 Å². The fourth-order valence-corrected chi connectivity index (χ4v) is 8.63. The second kappa shape index (κ2) is 11.1. The van der Waals surface area contributed by atoms with E-state index in [0.29, 0.717) is 26.2 Å². The summed E-state index contributed by atoms with van der Waals surface area (Å²) in [7, 11) is -3.36. The number of hydrogen-bond acceptors (Lipinski definition) is 2. The number of benzene rings is 5. The quantitative estimate of drug-likeness (QED) is 0.193. The maximum Gasteiger partial charge on any atom is 0.286 e. The Labute approximate surface area is 237 Å². The molecule has 1 aliphatic rings. The summed E-state index contributed by atoms with van der Waals surface area (Å²) in [6, 6.07) is 38.4. The van der Waals surface area contributed by atoms with E-state index < -0.39 is 13.6 Å². The van der Waals surface area contributed by atoms with Crippen LogP contribution in [0, 0.1) is 11.3 Å². The van der Waals surface area contributed by atoms with Crippen molar-refractivity contribution in [1.82, 2.24) is 14.4 Å². The van der Waals surface area contributed by atoms with Gasteiger partial charge in [0.05, 0.1) is 6.07 Å². The Kier molecular flexibility index (Phi) is 7.36. The zero-order valence-corrected chi connectivity index (χ0v) is 23.9. The Morgan fingerprint density at radius 2 is 1.23 bits per heavy atom. The van der Waals surface area contributed by atoms with E-state index in [0.717, 1.165) is 42.7 Å². The van der Waals surface area contributed by atoms with E-state index in [4.69, 9.17) is 0 Å². The van der Waals surface area contributed by atoms with Crippen molar-refractivity contribution in [2.24, 2.45) is 0 Å². The molecule has 5 nitrogen and oxygen atoms in total. The van der Waals surface area contributed by atoms with Crippen LogP contribution in [0.5, 0.6) is 0 Å². The zero-order chi connectivity index (χ0) is 26.8. The van der Waals surface area contributed by atoms with Gasteiger partial charge >= 0.3 is 0 Å². The fraction of sp³-hybridized carbons (Fsp3) is 0.156. The molecule has 7 heteroatoms. The van der Waals surface area contributed by atoms with E-state index in [1.54, 1.807) is 0 Å². The third kappa shape index (κ3) is 5.05. The second-order valence-electron chi connectivity index (χ2n) is 9.81. The van der Waals surface area contributed by atoms with Crippen LogP contribution in [0.1, 0.15) is 22.7 Å². The first-order valence-electron chi connectivity index (χ1n) is 13.0. The van der Waals surface area contributed by atoms with Crippen LogP contribution < -0.4 is 5.09 Å². The molecule has 5 aromatic rings. The van der Waals surface area contributed by atoms with Gasteiger partial charge in [-0.3, -0.25) is 4.57 Å². The highest BCUT2D eigenvalue weighted by molar-refractivity contribution is 9.10. The molecule has 39 heavy (non-hydrogen) atoms. The molecule has 1 saturated heterocycles. The predicted molar refractivity (Wildman–Crippen MR) is 162 cm³/mol. The van der Waals surface area contributed by atoms with Crippen molar-refractivity contribution in [1.29, 1.82) is 5.26 Å². The Bertz CT molecular complexity index is 1650. The van der Waals surface area contributed by atoms with Gasteiger partial charge in [0.25, 0.3) is 7.59 Å². The number of nitriles is 1. The van der Waals surface area contributed by atoms with E-state index in [9.17, 15) is 5.26 Å². The van der Waals surface area contributed by atoms with Crippen molar-refractivity contribution < 1.29 is 4.57 Å². The van der Waals surface area contributed by atoms with Crippen molar-refractivity contribution in [3.63, 3.8) is 0 Å². The standard InChI is InChI=1S/C32H28BrN4OP/c33-31-18-6-5-17-30(31)32(21-34)35-39(38)36(22-26-13-7-11-24-9-1-3-15-28(24)26)19-20-37(39)23-27-14-8-12-25-10-2-4-16-29(25)27/h1-18,32H,19-20,22-23H2,(H,35,38)/t32-/m1/s1. The van der Waals surface area contributed by atoms with Crippen LogP contribution in [-0.2, 0) is 17.7 Å². The second-order valence-corrected chi connectivity index (χ2v) is 13.1. The molecule has 1 heterocycles. The lowest BCUT2D eigenvalue weighted by atomic mass is 10.0. The van der Waals surface area contributed by atoms with Gasteiger partial charge in [-0.1, -0.05) is 119 Å². The first-order valence-corrected chi connectivity index (χ1v) is 15.4. The predicted octanol–water partition coefficient (Wildman–Crippen LogP) is 8.04. The van der Waals surface area contributed by atoms with Crippen molar-refractivity contribution in [2.75, 3.05) is 13.1 Å². The summed E-state index contributed by atoms with van der Waals surface area (Å²) in [5.74, 6) is 0. The van der Waals surface area contributed by atoms with Crippen LogP contribution in [-0.4, -0.2) is 22.4 Å². The van der Waals surface area contributed by atoms with Gasteiger partial charge < -0.3 is 0 Å². The molecule has 6 rings (SSSR count). The maximum atomic E-state index is 15.2. The molecule has 0 radical (unpaired) electrons. The Morgan fingerprint density at radius 1 is 0.744 bits per heavy atom. The summed E-state index contributed by atoms with van der Waals surface area (Å²) in [6.45, 7) is 2.30. The molecule has 1 aliphatic heterocycles. The Balaban J connectivity index is 1.39. The van der Waals surface area contributed by atoms with Gasteiger partial charge in [0.1, 0.15) is 6.04 Å². The highest BCUT2D eigenvalue weighted by Crippen LogP contribution is 2.56. The Morgan fingerprint density at radius 3 is 1.77 bits per heavy atom. The molecule has 194 valence electrons. The minimum Gasteiger partial charge on any atom is -0.270 e. The van der Waals surface area contributed by atoms with Gasteiger partial charge in [0.15, 0.2) is 0 Å². The lowest BCUT2D eigenvalue weighted by Gasteiger charge is -2.33. The zero-order valence-electron chi connectivity index (χ0n) is 21.4. The molecule has 5 aromatic carbocycles. The molecule has 1 fully saturated rings. The molecule has 0 bridgehead atoms. The lowest BCUT2D eigenvalue weighted by molar-refractivity contribution is 0.416. The third-order valence-corrected chi connectivity index (χ3v) is 11.0. The van der Waals surface area contributed by atoms with Gasteiger partial charge in [-0.05, 0) is 44.3 Å². The molecule has 1 N–H and O–H groups in total. The molecule has 0 amide bonds. The van der Waals surface area contributed by atoms with Crippen LogP contribution in [0.4, 0.5) is 0 Å². The van der Waals surface area contributed by atoms with Crippen LogP contribution in [0.3, 0.4) is 0 Å². The van der Waals surface area contributed by atoms with Crippen molar-refractivity contribution >= 4 is 45.1 Å². The molecule has 0 aliphatic carbocycles. The maximum absolute atomic E-state index is 15.2. The SMILES string of the molecule is N#C[C@@H](NP1(=O)N(Cc2cccc3ccccc23)CCN1Cc1cccc2ccccc12)c1ccccc1Br. The topological polar surface area (TPSA) is 59.4 Å². The molecular weight excluding hydrogens is 567 g/mol. The molecule has 0 spiro atoms. The molecule has 0 saturated carbocycles. The Hall–Kier alpha value is -3.30. The number of nitrogens with zero attached hydrogens (tertiary/aromatic N) is 3. The normalized spacial score (nSPS) is 16.4. The average molecular weight is 595 g/mol. The summed E-state index contributed by atoms with van der Waals surface area (Å²) >= 11 is 3.59. The first kappa shape index (κ1) is 26.0. The van der Waals surface area contributed by atoms with Crippen molar-refractivity contribution in [3.05, 3.63) is 130 Å². The number of halogens is 1. The van der Waals surface area contributed by atoms with Crippen LogP contribution in [0.2, 0.25) is 0 Å². The van der Waals surface area contributed by atoms with E-state index in [1.807, 2.05) is 57.9 Å². The van der Waals surface area contributed by atoms with Crippen LogP contribution in [0.25, 0.3) is 21.5 Å². The van der Waals surface area contributed by atoms with E-state index in [-0.39, 0.29) is 0 Å². The molecule has 0 aromatic heterocycles. The van der Waals surface area contributed by atoms with E-state index >= 15 is 4.57 Å². The monoisotopic (exact) mass is 594 g/mol. The smallest absolute Gasteiger partial charge is 0.270 e. The number of fused-ring (bicyclic) bond motifs is 2. The highest BCUT2D eigenvalue weighted by Gasteiger charge is 2.45. The largest absolute Gasteiger partial charge is 0.286 e. The van der Waals surface area contributed by atoms with Crippen molar-refractivity contribution in [3.8, 4) is 6.07 Å². The summed E-state index contributed by atoms with van der Waals surface area (Å²) in [5, 5.41) is 18.2. The summed E-state index contributed by atoms with van der Waals surface area (Å²) in [4.78, 5) is 0. The van der Waals surface area contributed by atoms with E-state index in [2.05, 4.69) is 87.8 Å². The van der Waals surface area contributed by atoms with Gasteiger partial charge in [-0.25, -0.2) is 14.4 Å². The molecule has 1 atom stereocenters. The first-order chi connectivity index (χ1) is 19.1. The van der Waals surface area contributed by atoms with Gasteiger partial charge in [0, 0.05) is 30.7 Å². The lowest BCUT2D eigenvalue weighted by Crippen LogP contribution is -2.31. The minimum absolute atomic E-state index is 0.520. The summed E-state index contributed by atoms with van der Waals surface area (Å²) in [6.07, 6.45) is 0. The number of rotatable bonds is 7. The summed E-state index contributed by atoms with van der Waals surface area (Å²) < 4.78 is 20.1. The number of hydrogen-bond donors (Lipinski definition) is 1. The van der Waals surface area contributed by atoms with Gasteiger partial charge in [-0.2, -0.15) is 5.26 Å². The van der Waals surface area contributed by atoms with Gasteiger partial charge in [0.2, 0.25) is 0 Å². The highest BCUT2D eigenvalue weighted by atomic mass is 79.9.